The smallest absolute Gasteiger partial charge is 0.282 e. The molecular formula is C17H14N2O6. The van der Waals surface area contributed by atoms with Crippen molar-refractivity contribution in [2.75, 3.05) is 14.2 Å². The third-order valence-corrected chi connectivity index (χ3v) is 3.99. The van der Waals surface area contributed by atoms with Gasteiger partial charge in [0.1, 0.15) is 17.1 Å². The zero-order chi connectivity index (χ0) is 18.1. The number of amides is 2. The molecule has 0 saturated heterocycles. The topological polar surface area (TPSA) is 99.0 Å². The fraction of sp³-hybridized carbons (Fsp3) is 0.176. The van der Waals surface area contributed by atoms with E-state index in [1.165, 1.54) is 32.4 Å². The molecule has 0 atom stereocenters. The largest absolute Gasteiger partial charge is 0.497 e. The summed E-state index contributed by atoms with van der Waals surface area (Å²) in [5.41, 5.74) is 0.0235. The number of ether oxygens (including phenoxy) is 2. The van der Waals surface area contributed by atoms with E-state index in [1.807, 2.05) is 0 Å². The second-order valence-corrected chi connectivity index (χ2v) is 5.33. The van der Waals surface area contributed by atoms with E-state index in [0.717, 1.165) is 4.90 Å². The summed E-state index contributed by atoms with van der Waals surface area (Å²) in [6, 6.07) is 9.00. The van der Waals surface area contributed by atoms with Crippen LogP contribution < -0.4 is 9.47 Å². The number of nitro groups is 1. The Labute approximate surface area is 142 Å². The normalized spacial score (nSPS) is 13.0. The lowest BCUT2D eigenvalue weighted by Crippen LogP contribution is -2.29. The van der Waals surface area contributed by atoms with Crippen molar-refractivity contribution >= 4 is 17.5 Å². The highest BCUT2D eigenvalue weighted by Crippen LogP contribution is 2.33. The molecule has 0 saturated carbocycles. The molecule has 3 rings (SSSR count). The highest BCUT2D eigenvalue weighted by Gasteiger charge is 2.41. The average Bonchev–Trinajstić information content (AvgIpc) is 2.86. The first-order chi connectivity index (χ1) is 12.0. The number of rotatable bonds is 5. The van der Waals surface area contributed by atoms with E-state index >= 15 is 0 Å². The molecule has 1 aliphatic heterocycles. The molecule has 8 heteroatoms. The second-order valence-electron chi connectivity index (χ2n) is 5.33. The number of nitrogens with zero attached hydrogens (tertiary/aromatic N) is 2. The van der Waals surface area contributed by atoms with Crippen LogP contribution in [0.5, 0.6) is 11.5 Å². The Morgan fingerprint density at radius 1 is 1.08 bits per heavy atom. The Bertz CT molecular complexity index is 893. The molecule has 0 aliphatic carbocycles. The lowest BCUT2D eigenvalue weighted by molar-refractivity contribution is -0.385. The number of hydrogen-bond acceptors (Lipinski definition) is 6. The SMILES string of the molecule is COc1ccc(OC)c(CN2C(=O)c3cccc([N+](=O)[O-])c3C2=O)c1. The fourth-order valence-electron chi connectivity index (χ4n) is 2.79. The molecule has 1 heterocycles. The number of nitro benzene ring substituents is 1. The van der Waals surface area contributed by atoms with Crippen molar-refractivity contribution in [2.24, 2.45) is 0 Å². The van der Waals surface area contributed by atoms with E-state index < -0.39 is 16.7 Å². The molecule has 1 aliphatic rings. The van der Waals surface area contributed by atoms with Gasteiger partial charge in [0, 0.05) is 11.6 Å². The lowest BCUT2D eigenvalue weighted by atomic mass is 10.1. The summed E-state index contributed by atoms with van der Waals surface area (Å²) < 4.78 is 10.4. The minimum absolute atomic E-state index is 0.0288. The van der Waals surface area contributed by atoms with E-state index in [9.17, 15) is 19.7 Å². The molecule has 25 heavy (non-hydrogen) atoms. The third-order valence-electron chi connectivity index (χ3n) is 3.99. The van der Waals surface area contributed by atoms with Gasteiger partial charge in [-0.2, -0.15) is 0 Å². The van der Waals surface area contributed by atoms with Gasteiger partial charge in [-0.3, -0.25) is 24.6 Å². The zero-order valence-electron chi connectivity index (χ0n) is 13.5. The van der Waals surface area contributed by atoms with Gasteiger partial charge in [0.2, 0.25) is 0 Å². The number of carbonyl (C=O) groups excluding carboxylic acids is 2. The lowest BCUT2D eigenvalue weighted by Gasteiger charge is -2.16. The van der Waals surface area contributed by atoms with Crippen molar-refractivity contribution in [1.82, 2.24) is 4.90 Å². The summed E-state index contributed by atoms with van der Waals surface area (Å²) in [5.74, 6) is -0.254. The van der Waals surface area contributed by atoms with Crippen LogP contribution in [0.3, 0.4) is 0 Å². The minimum atomic E-state index is -0.697. The number of methoxy groups -OCH3 is 2. The quantitative estimate of drug-likeness (QED) is 0.470. The maximum absolute atomic E-state index is 12.6. The highest BCUT2D eigenvalue weighted by atomic mass is 16.6. The van der Waals surface area contributed by atoms with Crippen LogP contribution in [0, 0.1) is 10.1 Å². The Morgan fingerprint density at radius 2 is 1.84 bits per heavy atom. The molecule has 0 radical (unpaired) electrons. The summed E-state index contributed by atoms with van der Waals surface area (Å²) in [6.07, 6.45) is 0. The Balaban J connectivity index is 2.01. The first-order valence-corrected chi connectivity index (χ1v) is 7.32. The van der Waals surface area contributed by atoms with Crippen LogP contribution in [0.2, 0.25) is 0 Å². The fourth-order valence-corrected chi connectivity index (χ4v) is 2.79. The monoisotopic (exact) mass is 342 g/mol. The summed E-state index contributed by atoms with van der Waals surface area (Å²) in [5, 5.41) is 11.1. The van der Waals surface area contributed by atoms with E-state index in [-0.39, 0.29) is 23.4 Å². The molecule has 2 amide bonds. The van der Waals surface area contributed by atoms with Gasteiger partial charge in [-0.1, -0.05) is 6.07 Å². The molecular weight excluding hydrogens is 328 g/mol. The Hall–Kier alpha value is -3.42. The van der Waals surface area contributed by atoms with E-state index in [1.54, 1.807) is 18.2 Å². The molecule has 0 bridgehead atoms. The van der Waals surface area contributed by atoms with Crippen LogP contribution in [0.1, 0.15) is 26.3 Å². The predicted octanol–water partition coefficient (Wildman–Crippen LogP) is 2.41. The van der Waals surface area contributed by atoms with Crippen molar-refractivity contribution in [2.45, 2.75) is 6.54 Å². The molecule has 2 aromatic carbocycles. The molecule has 0 spiro atoms. The van der Waals surface area contributed by atoms with Crippen molar-refractivity contribution in [1.29, 1.82) is 0 Å². The van der Waals surface area contributed by atoms with E-state index in [0.29, 0.717) is 17.1 Å². The summed E-state index contributed by atoms with van der Waals surface area (Å²) in [4.78, 5) is 36.6. The van der Waals surface area contributed by atoms with Gasteiger partial charge in [-0.25, -0.2) is 0 Å². The first kappa shape index (κ1) is 16.4. The van der Waals surface area contributed by atoms with Crippen LogP contribution in [0.15, 0.2) is 36.4 Å². The number of benzene rings is 2. The molecule has 0 unspecified atom stereocenters. The number of imide groups is 1. The van der Waals surface area contributed by atoms with Crippen molar-refractivity contribution < 1.29 is 24.0 Å². The van der Waals surface area contributed by atoms with Gasteiger partial charge < -0.3 is 9.47 Å². The Kier molecular flexibility index (Phi) is 4.10. The van der Waals surface area contributed by atoms with Crippen molar-refractivity contribution in [3.8, 4) is 11.5 Å². The maximum Gasteiger partial charge on any atom is 0.282 e. The maximum atomic E-state index is 12.6. The number of hydrogen-bond donors (Lipinski definition) is 0. The van der Waals surface area contributed by atoms with Crippen LogP contribution in [0.25, 0.3) is 0 Å². The number of carbonyl (C=O) groups is 2. The highest BCUT2D eigenvalue weighted by molar-refractivity contribution is 6.23. The molecule has 8 nitrogen and oxygen atoms in total. The first-order valence-electron chi connectivity index (χ1n) is 7.32. The Morgan fingerprint density at radius 3 is 2.48 bits per heavy atom. The minimum Gasteiger partial charge on any atom is -0.497 e. The van der Waals surface area contributed by atoms with Crippen LogP contribution in [-0.4, -0.2) is 35.9 Å². The second kappa shape index (κ2) is 6.23. The molecule has 0 N–H and O–H groups in total. The van der Waals surface area contributed by atoms with Crippen LogP contribution in [0.4, 0.5) is 5.69 Å². The summed E-state index contributed by atoms with van der Waals surface area (Å²) in [6.45, 7) is -0.0795. The molecule has 0 aromatic heterocycles. The molecule has 2 aromatic rings. The van der Waals surface area contributed by atoms with Crippen LogP contribution >= 0.6 is 0 Å². The number of fused-ring (bicyclic) bond motifs is 1. The summed E-state index contributed by atoms with van der Waals surface area (Å²) in [7, 11) is 2.97. The van der Waals surface area contributed by atoms with Crippen LogP contribution in [-0.2, 0) is 6.54 Å². The van der Waals surface area contributed by atoms with Gasteiger partial charge >= 0.3 is 0 Å². The van der Waals surface area contributed by atoms with Crippen molar-refractivity contribution in [3.05, 3.63) is 63.2 Å². The standard InChI is InChI=1S/C17H14N2O6/c1-24-11-6-7-14(25-2)10(8-11)9-18-16(20)12-4-3-5-13(19(22)23)15(12)17(18)21/h3-8H,9H2,1-2H3. The van der Waals surface area contributed by atoms with Gasteiger partial charge in [0.25, 0.3) is 17.5 Å². The van der Waals surface area contributed by atoms with E-state index in [2.05, 4.69) is 0 Å². The van der Waals surface area contributed by atoms with Gasteiger partial charge in [-0.15, -0.1) is 0 Å². The van der Waals surface area contributed by atoms with Gasteiger partial charge in [0.05, 0.1) is 31.3 Å². The molecule has 128 valence electrons. The van der Waals surface area contributed by atoms with Gasteiger partial charge in [0.15, 0.2) is 0 Å². The third kappa shape index (κ3) is 2.67. The van der Waals surface area contributed by atoms with Gasteiger partial charge in [-0.05, 0) is 24.3 Å². The zero-order valence-corrected chi connectivity index (χ0v) is 13.5. The van der Waals surface area contributed by atoms with Crippen molar-refractivity contribution in [3.63, 3.8) is 0 Å². The molecule has 0 fully saturated rings. The van der Waals surface area contributed by atoms with E-state index in [4.69, 9.17) is 9.47 Å². The predicted molar refractivity (Wildman–Crippen MR) is 86.8 cm³/mol. The average molecular weight is 342 g/mol. The summed E-state index contributed by atoms with van der Waals surface area (Å²) >= 11 is 0.